The Morgan fingerprint density at radius 1 is 1.12 bits per heavy atom. The van der Waals surface area contributed by atoms with Gasteiger partial charge in [0, 0.05) is 19.2 Å². The van der Waals surface area contributed by atoms with Crippen LogP contribution in [0.15, 0.2) is 48.5 Å². The molecule has 2 rings (SSSR count). The molecular formula is C19H19FN2O2. The Balaban J connectivity index is 1.97. The van der Waals surface area contributed by atoms with Crippen molar-refractivity contribution in [1.82, 2.24) is 5.32 Å². The maximum atomic E-state index is 13.6. The number of carbonyl (C=O) groups is 2. The lowest BCUT2D eigenvalue weighted by Gasteiger charge is -2.07. The highest BCUT2D eigenvalue weighted by atomic mass is 19.1. The number of amides is 2. The lowest BCUT2D eigenvalue weighted by atomic mass is 10.1. The molecule has 0 aliphatic rings. The van der Waals surface area contributed by atoms with E-state index in [9.17, 15) is 14.0 Å². The van der Waals surface area contributed by atoms with Crippen LogP contribution in [-0.4, -0.2) is 18.9 Å². The van der Waals surface area contributed by atoms with E-state index in [-0.39, 0.29) is 17.9 Å². The molecule has 0 saturated heterocycles. The first-order valence-electron chi connectivity index (χ1n) is 7.54. The molecule has 2 amide bonds. The first kappa shape index (κ1) is 17.4. The third-order valence-electron chi connectivity index (χ3n) is 3.41. The Bertz CT molecular complexity index is 767. The molecule has 0 fully saturated rings. The number of rotatable bonds is 5. The first-order chi connectivity index (χ1) is 11.5. The number of aryl methyl sites for hydroxylation is 1. The van der Waals surface area contributed by atoms with Gasteiger partial charge in [0.25, 0.3) is 5.91 Å². The summed E-state index contributed by atoms with van der Waals surface area (Å²) in [5.41, 5.74) is 2.46. The fraction of sp³-hybridized carbons (Fsp3) is 0.158. The summed E-state index contributed by atoms with van der Waals surface area (Å²) in [7, 11) is 1.42. The number of hydrogen-bond acceptors (Lipinski definition) is 2. The highest BCUT2D eigenvalue weighted by Crippen LogP contribution is 2.15. The largest absolute Gasteiger partial charge is 0.355 e. The third kappa shape index (κ3) is 4.78. The lowest BCUT2D eigenvalue weighted by Crippen LogP contribution is -2.20. The van der Waals surface area contributed by atoms with Crippen molar-refractivity contribution in [2.24, 2.45) is 0 Å². The van der Waals surface area contributed by atoms with Crippen LogP contribution in [0.1, 0.15) is 27.9 Å². The Morgan fingerprint density at radius 2 is 1.83 bits per heavy atom. The number of nitrogens with one attached hydrogen (secondary N) is 2. The molecule has 5 heteroatoms. The van der Waals surface area contributed by atoms with Gasteiger partial charge in [-0.15, -0.1) is 0 Å². The van der Waals surface area contributed by atoms with Crippen molar-refractivity contribution in [1.29, 1.82) is 0 Å². The molecule has 0 aromatic heterocycles. The van der Waals surface area contributed by atoms with Crippen LogP contribution in [0, 0.1) is 12.7 Å². The van der Waals surface area contributed by atoms with Crippen LogP contribution in [0.2, 0.25) is 0 Å². The number of anilines is 1. The second-order valence-electron chi connectivity index (χ2n) is 5.34. The quantitative estimate of drug-likeness (QED) is 0.883. The summed E-state index contributed by atoms with van der Waals surface area (Å²) in [6.07, 6.45) is 3.80. The average molecular weight is 326 g/mol. The second kappa shape index (κ2) is 8.06. The topological polar surface area (TPSA) is 58.2 Å². The maximum Gasteiger partial charge on any atom is 0.254 e. The molecule has 124 valence electrons. The minimum Gasteiger partial charge on any atom is -0.355 e. The van der Waals surface area contributed by atoms with Gasteiger partial charge in [0.1, 0.15) is 5.82 Å². The van der Waals surface area contributed by atoms with Crippen LogP contribution in [0.4, 0.5) is 10.1 Å². The fourth-order valence-electron chi connectivity index (χ4n) is 2.10. The van der Waals surface area contributed by atoms with Gasteiger partial charge in [0.05, 0.1) is 5.56 Å². The summed E-state index contributed by atoms with van der Waals surface area (Å²) in [6, 6.07) is 11.8. The van der Waals surface area contributed by atoms with E-state index in [0.717, 1.165) is 11.6 Å². The molecule has 2 aromatic carbocycles. The van der Waals surface area contributed by atoms with Crippen molar-refractivity contribution < 1.29 is 14.0 Å². The molecule has 4 nitrogen and oxygen atoms in total. The SMILES string of the molecule is CNC(=O)c1cc(NC(=O)CC=Cc2ccc(C)cc2)ccc1F. The zero-order chi connectivity index (χ0) is 17.5. The molecule has 24 heavy (non-hydrogen) atoms. The molecule has 0 radical (unpaired) electrons. The predicted molar refractivity (Wildman–Crippen MR) is 93.2 cm³/mol. The molecule has 0 aliphatic carbocycles. The molecule has 0 saturated carbocycles. The summed E-state index contributed by atoms with van der Waals surface area (Å²) in [5.74, 6) is -1.41. The summed E-state index contributed by atoms with van der Waals surface area (Å²) in [4.78, 5) is 23.5. The number of hydrogen-bond donors (Lipinski definition) is 2. The van der Waals surface area contributed by atoms with E-state index in [2.05, 4.69) is 10.6 Å². The molecule has 0 aliphatic heterocycles. The van der Waals surface area contributed by atoms with Crippen molar-refractivity contribution in [3.05, 3.63) is 71.0 Å². The minimum atomic E-state index is -0.633. The van der Waals surface area contributed by atoms with Crippen LogP contribution in [0.3, 0.4) is 0 Å². The van der Waals surface area contributed by atoms with Gasteiger partial charge < -0.3 is 10.6 Å². The summed E-state index contributed by atoms with van der Waals surface area (Å²) in [6.45, 7) is 2.01. The Hall–Kier alpha value is -2.95. The van der Waals surface area contributed by atoms with Gasteiger partial charge in [-0.2, -0.15) is 0 Å². The average Bonchev–Trinajstić information content (AvgIpc) is 2.57. The van der Waals surface area contributed by atoms with Crippen molar-refractivity contribution in [3.63, 3.8) is 0 Å². The monoisotopic (exact) mass is 326 g/mol. The lowest BCUT2D eigenvalue weighted by molar-refractivity contribution is -0.115. The van der Waals surface area contributed by atoms with E-state index in [1.54, 1.807) is 6.08 Å². The van der Waals surface area contributed by atoms with Crippen molar-refractivity contribution in [2.45, 2.75) is 13.3 Å². The number of carbonyl (C=O) groups excluding carboxylic acids is 2. The van der Waals surface area contributed by atoms with Gasteiger partial charge >= 0.3 is 0 Å². The minimum absolute atomic E-state index is 0.106. The summed E-state index contributed by atoms with van der Waals surface area (Å²) < 4.78 is 13.6. The highest BCUT2D eigenvalue weighted by Gasteiger charge is 2.11. The van der Waals surface area contributed by atoms with E-state index in [1.807, 2.05) is 37.3 Å². The Kier molecular flexibility index (Phi) is 5.84. The number of halogens is 1. The smallest absolute Gasteiger partial charge is 0.254 e. The van der Waals surface area contributed by atoms with Crippen LogP contribution >= 0.6 is 0 Å². The van der Waals surface area contributed by atoms with Gasteiger partial charge in [0.15, 0.2) is 0 Å². The van der Waals surface area contributed by atoms with Gasteiger partial charge in [-0.05, 0) is 30.7 Å². The van der Waals surface area contributed by atoms with Gasteiger partial charge in [-0.25, -0.2) is 4.39 Å². The normalized spacial score (nSPS) is 10.6. The maximum absolute atomic E-state index is 13.6. The Labute approximate surface area is 140 Å². The van der Waals surface area contributed by atoms with Crippen molar-refractivity contribution in [2.75, 3.05) is 12.4 Å². The predicted octanol–water partition coefficient (Wildman–Crippen LogP) is 3.54. The molecule has 2 aromatic rings. The zero-order valence-electron chi connectivity index (χ0n) is 13.6. The molecule has 0 bridgehead atoms. The molecule has 0 heterocycles. The van der Waals surface area contributed by atoms with E-state index in [0.29, 0.717) is 5.69 Å². The van der Waals surface area contributed by atoms with Crippen molar-refractivity contribution in [3.8, 4) is 0 Å². The van der Waals surface area contributed by atoms with E-state index >= 15 is 0 Å². The van der Waals surface area contributed by atoms with Crippen LogP contribution in [-0.2, 0) is 4.79 Å². The molecule has 2 N–H and O–H groups in total. The third-order valence-corrected chi connectivity index (χ3v) is 3.41. The number of benzene rings is 2. The van der Waals surface area contributed by atoms with Crippen molar-refractivity contribution >= 4 is 23.6 Å². The fourth-order valence-corrected chi connectivity index (χ4v) is 2.10. The van der Waals surface area contributed by atoms with E-state index in [1.165, 1.54) is 24.7 Å². The highest BCUT2D eigenvalue weighted by molar-refractivity contribution is 5.97. The Morgan fingerprint density at radius 3 is 2.50 bits per heavy atom. The van der Waals surface area contributed by atoms with Gasteiger partial charge in [0.2, 0.25) is 5.91 Å². The van der Waals surface area contributed by atoms with E-state index < -0.39 is 11.7 Å². The second-order valence-corrected chi connectivity index (χ2v) is 5.34. The zero-order valence-corrected chi connectivity index (χ0v) is 13.6. The standard InChI is InChI=1S/C19H19FN2O2/c1-13-6-8-14(9-7-13)4-3-5-18(23)22-15-10-11-17(20)16(12-15)19(24)21-2/h3-4,6-12H,5H2,1-2H3,(H,21,24)(H,22,23). The van der Waals surface area contributed by atoms with Gasteiger partial charge in [-0.1, -0.05) is 42.0 Å². The molecular weight excluding hydrogens is 307 g/mol. The molecule has 0 unspecified atom stereocenters. The van der Waals surface area contributed by atoms with Crippen LogP contribution < -0.4 is 10.6 Å². The molecule has 0 spiro atoms. The summed E-state index contributed by atoms with van der Waals surface area (Å²) in [5, 5.41) is 5.00. The summed E-state index contributed by atoms with van der Waals surface area (Å²) >= 11 is 0. The first-order valence-corrected chi connectivity index (χ1v) is 7.54. The van der Waals surface area contributed by atoms with Crippen LogP contribution in [0.25, 0.3) is 6.08 Å². The van der Waals surface area contributed by atoms with E-state index in [4.69, 9.17) is 0 Å². The van der Waals surface area contributed by atoms with Crippen LogP contribution in [0.5, 0.6) is 0 Å². The molecule has 0 atom stereocenters. The van der Waals surface area contributed by atoms with Gasteiger partial charge in [-0.3, -0.25) is 9.59 Å².